The topological polar surface area (TPSA) is 103 Å². The third kappa shape index (κ3) is 6.05. The molecule has 1 N–H and O–H groups in total. The number of furan rings is 1. The van der Waals surface area contributed by atoms with Crippen molar-refractivity contribution < 1.29 is 18.7 Å². The summed E-state index contributed by atoms with van der Waals surface area (Å²) in [4.78, 5) is 44.1. The molecule has 1 aliphatic rings. The van der Waals surface area contributed by atoms with Gasteiger partial charge in [0.1, 0.15) is 15.5 Å². The number of thiophene rings is 1. The van der Waals surface area contributed by atoms with Gasteiger partial charge in [0.25, 0.3) is 5.56 Å². The van der Waals surface area contributed by atoms with Gasteiger partial charge in [-0.3, -0.25) is 14.2 Å². The highest BCUT2D eigenvalue weighted by molar-refractivity contribution is 7.99. The highest BCUT2D eigenvalue weighted by atomic mass is 32.2. The van der Waals surface area contributed by atoms with E-state index < -0.39 is 5.97 Å². The van der Waals surface area contributed by atoms with Crippen molar-refractivity contribution in [3.63, 3.8) is 0 Å². The Bertz CT molecular complexity index is 1290. The van der Waals surface area contributed by atoms with Gasteiger partial charge in [0, 0.05) is 6.54 Å². The van der Waals surface area contributed by atoms with E-state index in [1.807, 2.05) is 0 Å². The smallest absolute Gasteiger partial charge is 0.348 e. The summed E-state index contributed by atoms with van der Waals surface area (Å²) in [6.45, 7) is 4.54. The molecule has 0 fully saturated rings. The maximum Gasteiger partial charge on any atom is 0.348 e. The summed E-state index contributed by atoms with van der Waals surface area (Å²) in [5.41, 5.74) is 1.76. The minimum atomic E-state index is -0.446. The van der Waals surface area contributed by atoms with Crippen LogP contribution in [0, 0.1) is 6.92 Å². The molecule has 0 spiro atoms. The van der Waals surface area contributed by atoms with Gasteiger partial charge in [0.05, 0.1) is 30.6 Å². The minimum Gasteiger partial charge on any atom is -0.467 e. The second-order valence-electron chi connectivity index (χ2n) is 8.31. The summed E-state index contributed by atoms with van der Waals surface area (Å²) in [5, 5.41) is 3.74. The van der Waals surface area contributed by atoms with Crippen molar-refractivity contribution in [1.29, 1.82) is 0 Å². The number of thioether (sulfide) groups is 1. The fraction of sp³-hybridized carbons (Fsp3) is 0.440. The number of nitrogens with one attached hydrogen (secondary N) is 1. The molecule has 1 amide bonds. The zero-order valence-corrected chi connectivity index (χ0v) is 21.6. The van der Waals surface area contributed by atoms with Gasteiger partial charge in [-0.1, -0.05) is 23.4 Å². The number of rotatable bonds is 10. The Labute approximate surface area is 211 Å². The second-order valence-corrected chi connectivity index (χ2v) is 10.3. The van der Waals surface area contributed by atoms with Gasteiger partial charge in [-0.05, 0) is 63.6 Å². The van der Waals surface area contributed by atoms with Gasteiger partial charge < -0.3 is 14.5 Å². The number of carbonyl (C=O) groups is 2. The van der Waals surface area contributed by atoms with Crippen molar-refractivity contribution in [1.82, 2.24) is 14.9 Å². The number of allylic oxidation sites excluding steroid dienone is 2. The van der Waals surface area contributed by atoms with E-state index in [-0.39, 0.29) is 23.8 Å². The van der Waals surface area contributed by atoms with E-state index in [1.165, 1.54) is 30.2 Å². The maximum absolute atomic E-state index is 13.6. The van der Waals surface area contributed by atoms with Crippen LogP contribution < -0.4 is 10.9 Å². The van der Waals surface area contributed by atoms with Gasteiger partial charge in [-0.15, -0.1) is 11.3 Å². The van der Waals surface area contributed by atoms with Gasteiger partial charge in [-0.25, -0.2) is 9.78 Å². The molecule has 0 atom stereocenters. The average Bonchev–Trinajstić information content (AvgIpc) is 3.49. The van der Waals surface area contributed by atoms with E-state index in [2.05, 4.69) is 11.4 Å². The maximum atomic E-state index is 13.6. The number of carbonyl (C=O) groups excluding carboxylic acids is 2. The first kappa shape index (κ1) is 25.2. The summed E-state index contributed by atoms with van der Waals surface area (Å²) >= 11 is 2.38. The molecule has 8 nitrogen and oxygen atoms in total. The normalized spacial score (nSPS) is 13.6. The fourth-order valence-corrected chi connectivity index (χ4v) is 6.03. The summed E-state index contributed by atoms with van der Waals surface area (Å²) in [6.07, 6.45) is 9.09. The molecule has 10 heteroatoms. The molecule has 0 saturated carbocycles. The number of nitrogens with zero attached hydrogens (tertiary/aromatic N) is 2. The first-order valence-electron chi connectivity index (χ1n) is 11.8. The Hall–Kier alpha value is -2.85. The lowest BCUT2D eigenvalue weighted by Gasteiger charge is -2.16. The number of aromatic nitrogens is 2. The molecule has 4 rings (SSSR count). The predicted octanol–water partition coefficient (Wildman–Crippen LogP) is 4.84. The third-order valence-electron chi connectivity index (χ3n) is 5.89. The average molecular weight is 516 g/mol. The molecule has 0 saturated heterocycles. The molecule has 3 aromatic heterocycles. The zero-order valence-electron chi connectivity index (χ0n) is 19.9. The molecule has 0 unspecified atom stereocenters. The monoisotopic (exact) mass is 515 g/mol. The highest BCUT2D eigenvalue weighted by Gasteiger charge is 2.23. The van der Waals surface area contributed by atoms with E-state index in [0.717, 1.165) is 30.6 Å². The molecule has 1 aliphatic carbocycles. The molecule has 0 radical (unpaired) electrons. The molecule has 3 heterocycles. The first-order valence-corrected chi connectivity index (χ1v) is 13.6. The number of fused-ring (bicyclic) bond motifs is 1. The van der Waals surface area contributed by atoms with E-state index in [1.54, 1.807) is 36.8 Å². The molecule has 0 aromatic carbocycles. The van der Waals surface area contributed by atoms with E-state index in [9.17, 15) is 14.4 Å². The van der Waals surface area contributed by atoms with Crippen molar-refractivity contribution >= 4 is 45.2 Å². The molecule has 3 aromatic rings. The zero-order chi connectivity index (χ0) is 24.8. The van der Waals surface area contributed by atoms with Crippen LogP contribution in [-0.4, -0.2) is 33.8 Å². The van der Waals surface area contributed by atoms with E-state index in [0.29, 0.717) is 44.7 Å². The van der Waals surface area contributed by atoms with Gasteiger partial charge in [-0.2, -0.15) is 0 Å². The Kier molecular flexibility index (Phi) is 8.46. The summed E-state index contributed by atoms with van der Waals surface area (Å²) in [7, 11) is 0. The van der Waals surface area contributed by atoms with Crippen molar-refractivity contribution in [3.05, 3.63) is 56.6 Å². The van der Waals surface area contributed by atoms with Crippen LogP contribution >= 0.6 is 23.1 Å². The largest absolute Gasteiger partial charge is 0.467 e. The van der Waals surface area contributed by atoms with Crippen molar-refractivity contribution in [2.75, 3.05) is 12.4 Å². The van der Waals surface area contributed by atoms with Crippen LogP contribution in [0.15, 0.2) is 44.4 Å². The van der Waals surface area contributed by atoms with E-state index >= 15 is 0 Å². The van der Waals surface area contributed by atoms with Crippen molar-refractivity contribution in [3.8, 4) is 0 Å². The van der Waals surface area contributed by atoms with Gasteiger partial charge >= 0.3 is 5.97 Å². The second kappa shape index (κ2) is 11.7. The Morgan fingerprint density at radius 3 is 2.91 bits per heavy atom. The van der Waals surface area contributed by atoms with Gasteiger partial charge in [0.15, 0.2) is 5.16 Å². The molecule has 186 valence electrons. The summed E-state index contributed by atoms with van der Waals surface area (Å²) < 4.78 is 12.1. The molecular formula is C25H29N3O5S2. The SMILES string of the molecule is CCOC(=O)c1sc2nc(SCC(=O)NCc3ccco3)n(CCC3=CCCCC3)c(=O)c2c1C. The number of hydrogen-bond acceptors (Lipinski definition) is 8. The number of amides is 1. The highest BCUT2D eigenvalue weighted by Crippen LogP contribution is 2.30. The molecule has 0 bridgehead atoms. The minimum absolute atomic E-state index is 0.108. The summed E-state index contributed by atoms with van der Waals surface area (Å²) in [5.74, 6) is 0.145. The lowest BCUT2D eigenvalue weighted by molar-refractivity contribution is -0.118. The van der Waals surface area contributed by atoms with Crippen LogP contribution in [0.2, 0.25) is 0 Å². The Balaban J connectivity index is 1.60. The van der Waals surface area contributed by atoms with Crippen LogP contribution in [0.3, 0.4) is 0 Å². The van der Waals surface area contributed by atoms with Crippen molar-refractivity contribution in [2.24, 2.45) is 0 Å². The standard InChI is InChI=1S/C25H29N3O5S2/c1-3-32-24(31)21-16(2)20-22(35-21)27-25(34-15-19(29)26-14-18-10-7-13-33-18)28(23(20)30)12-11-17-8-5-4-6-9-17/h7-8,10,13H,3-6,9,11-12,14-15H2,1-2H3,(H,26,29). The van der Waals surface area contributed by atoms with Gasteiger partial charge in [0.2, 0.25) is 5.91 Å². The number of esters is 1. The molecule has 0 aliphatic heterocycles. The number of ether oxygens (including phenoxy) is 1. The van der Waals surface area contributed by atoms with E-state index in [4.69, 9.17) is 14.1 Å². The lowest BCUT2D eigenvalue weighted by atomic mass is 9.97. The fourth-order valence-electron chi connectivity index (χ4n) is 4.06. The van der Waals surface area contributed by atoms with Crippen LogP contribution in [0.4, 0.5) is 0 Å². The third-order valence-corrected chi connectivity index (χ3v) is 8.03. The van der Waals surface area contributed by atoms with Crippen LogP contribution in [-0.2, 0) is 22.6 Å². The molecular weight excluding hydrogens is 486 g/mol. The van der Waals surface area contributed by atoms with Crippen LogP contribution in [0.1, 0.15) is 60.0 Å². The first-order chi connectivity index (χ1) is 17.0. The Morgan fingerprint density at radius 1 is 1.34 bits per heavy atom. The van der Waals surface area contributed by atoms with Crippen LogP contribution in [0.5, 0.6) is 0 Å². The quantitative estimate of drug-likeness (QED) is 0.178. The predicted molar refractivity (Wildman–Crippen MR) is 137 cm³/mol. The lowest BCUT2D eigenvalue weighted by Crippen LogP contribution is -2.27. The molecule has 35 heavy (non-hydrogen) atoms. The number of hydrogen-bond donors (Lipinski definition) is 1. The van der Waals surface area contributed by atoms with Crippen molar-refractivity contribution in [2.45, 2.75) is 64.2 Å². The Morgan fingerprint density at radius 2 is 2.20 bits per heavy atom. The van der Waals surface area contributed by atoms with Crippen LogP contribution in [0.25, 0.3) is 10.2 Å². The summed E-state index contributed by atoms with van der Waals surface area (Å²) in [6, 6.07) is 3.56. The number of aryl methyl sites for hydroxylation is 1.